The zero-order valence-corrected chi connectivity index (χ0v) is 12.2. The molecule has 1 aromatic rings. The Balaban J connectivity index is 2.92. The van der Waals surface area contributed by atoms with Gasteiger partial charge in [0.1, 0.15) is 0 Å². The van der Waals surface area contributed by atoms with Crippen molar-refractivity contribution in [1.82, 2.24) is 5.32 Å². The molecule has 0 bridgehead atoms. The number of hydrogen-bond donors (Lipinski definition) is 1. The van der Waals surface area contributed by atoms with Crippen molar-refractivity contribution in [1.29, 1.82) is 0 Å². The normalized spacial score (nSPS) is 14.4. The summed E-state index contributed by atoms with van der Waals surface area (Å²) in [5.41, 5.74) is 2.70. The Labute approximate surface area is 112 Å². The summed E-state index contributed by atoms with van der Waals surface area (Å²) < 4.78 is 5.90. The third-order valence-electron chi connectivity index (χ3n) is 3.29. The maximum Gasteiger partial charge on any atom is 0.0767 e. The molecule has 2 nitrogen and oxygen atoms in total. The lowest BCUT2D eigenvalue weighted by Crippen LogP contribution is -2.34. The van der Waals surface area contributed by atoms with Crippen LogP contribution in [-0.4, -0.2) is 19.3 Å². The Morgan fingerprint density at radius 3 is 2.44 bits per heavy atom. The van der Waals surface area contributed by atoms with Crippen LogP contribution in [0.1, 0.15) is 50.8 Å². The van der Waals surface area contributed by atoms with Crippen LogP contribution in [0.25, 0.3) is 0 Å². The predicted octanol–water partition coefficient (Wildman–Crippen LogP) is 3.85. The molecule has 0 amide bonds. The van der Waals surface area contributed by atoms with Crippen LogP contribution in [0.2, 0.25) is 0 Å². The molecule has 0 fully saturated rings. The first kappa shape index (κ1) is 15.2. The number of nitrogens with one attached hydrogen (secondary N) is 1. The molecular weight excluding hydrogens is 222 g/mol. The molecule has 0 aromatic heterocycles. The maximum atomic E-state index is 5.90. The summed E-state index contributed by atoms with van der Waals surface area (Å²) >= 11 is 0. The summed E-state index contributed by atoms with van der Waals surface area (Å²) in [5, 5.41) is 3.64. The molecule has 0 spiro atoms. The lowest BCUT2D eigenvalue weighted by Gasteiger charge is -2.28. The lowest BCUT2D eigenvalue weighted by atomic mass is 9.95. The van der Waals surface area contributed by atoms with Crippen LogP contribution < -0.4 is 5.32 Å². The first-order valence-electron chi connectivity index (χ1n) is 7.15. The van der Waals surface area contributed by atoms with Crippen molar-refractivity contribution < 1.29 is 4.74 Å². The van der Waals surface area contributed by atoms with E-state index in [4.69, 9.17) is 4.74 Å². The highest BCUT2D eigenvalue weighted by molar-refractivity contribution is 5.29. The molecule has 0 aliphatic rings. The highest BCUT2D eigenvalue weighted by atomic mass is 16.5. The molecule has 0 saturated carbocycles. The molecule has 1 aromatic carbocycles. The average Bonchev–Trinajstić information content (AvgIpc) is 2.39. The average molecular weight is 249 g/mol. The Morgan fingerprint density at radius 2 is 1.89 bits per heavy atom. The Bertz CT molecular complexity index is 338. The van der Waals surface area contributed by atoms with Gasteiger partial charge in [-0.2, -0.15) is 0 Å². The first-order chi connectivity index (χ1) is 8.74. The van der Waals surface area contributed by atoms with Crippen LogP contribution in [0.4, 0.5) is 0 Å². The fraction of sp³-hybridized carbons (Fsp3) is 0.625. The van der Waals surface area contributed by atoms with Gasteiger partial charge in [0.2, 0.25) is 0 Å². The molecule has 2 heteroatoms. The highest BCUT2D eigenvalue weighted by Gasteiger charge is 2.22. The third-order valence-corrected chi connectivity index (χ3v) is 3.29. The second-order valence-corrected chi connectivity index (χ2v) is 4.69. The van der Waals surface area contributed by atoms with Crippen LogP contribution in [0, 0.1) is 6.92 Å². The summed E-state index contributed by atoms with van der Waals surface area (Å²) in [6, 6.07) is 8.90. The lowest BCUT2D eigenvalue weighted by molar-refractivity contribution is 0.0313. The molecular formula is C16H27NO. The zero-order chi connectivity index (χ0) is 13.4. The minimum absolute atomic E-state index is 0.252. The van der Waals surface area contributed by atoms with Gasteiger partial charge in [-0.1, -0.05) is 38.1 Å². The van der Waals surface area contributed by atoms with Gasteiger partial charge in [0, 0.05) is 6.61 Å². The topological polar surface area (TPSA) is 21.3 Å². The Kier molecular flexibility index (Phi) is 6.99. The van der Waals surface area contributed by atoms with Gasteiger partial charge in [-0.05, 0) is 44.4 Å². The van der Waals surface area contributed by atoms with E-state index in [0.717, 1.165) is 26.0 Å². The molecule has 2 unspecified atom stereocenters. The van der Waals surface area contributed by atoms with Crippen molar-refractivity contribution in [2.24, 2.45) is 0 Å². The SMILES string of the molecule is CCCNC(c1ccccc1C)C(CC)OCC. The van der Waals surface area contributed by atoms with Crippen molar-refractivity contribution in [3.63, 3.8) is 0 Å². The predicted molar refractivity (Wildman–Crippen MR) is 77.9 cm³/mol. The molecule has 0 saturated heterocycles. The van der Waals surface area contributed by atoms with E-state index in [1.54, 1.807) is 0 Å². The van der Waals surface area contributed by atoms with Crippen molar-refractivity contribution >= 4 is 0 Å². The van der Waals surface area contributed by atoms with Gasteiger partial charge in [-0.15, -0.1) is 0 Å². The quantitative estimate of drug-likeness (QED) is 0.755. The molecule has 0 heterocycles. The fourth-order valence-corrected chi connectivity index (χ4v) is 2.34. The number of benzene rings is 1. The number of ether oxygens (including phenoxy) is 1. The second kappa shape index (κ2) is 8.28. The molecule has 102 valence electrons. The minimum atomic E-state index is 0.252. The minimum Gasteiger partial charge on any atom is -0.377 e. The maximum absolute atomic E-state index is 5.90. The van der Waals surface area contributed by atoms with Crippen LogP contribution in [0.15, 0.2) is 24.3 Å². The first-order valence-corrected chi connectivity index (χ1v) is 7.15. The van der Waals surface area contributed by atoms with E-state index < -0.39 is 0 Å². The van der Waals surface area contributed by atoms with Gasteiger partial charge in [-0.3, -0.25) is 0 Å². The van der Waals surface area contributed by atoms with E-state index in [9.17, 15) is 0 Å². The van der Waals surface area contributed by atoms with E-state index in [0.29, 0.717) is 6.04 Å². The van der Waals surface area contributed by atoms with Gasteiger partial charge in [-0.25, -0.2) is 0 Å². The number of rotatable bonds is 8. The van der Waals surface area contributed by atoms with Crippen LogP contribution in [-0.2, 0) is 4.74 Å². The third kappa shape index (κ3) is 4.11. The summed E-state index contributed by atoms with van der Waals surface area (Å²) in [4.78, 5) is 0. The molecule has 2 atom stereocenters. The van der Waals surface area contributed by atoms with Crippen LogP contribution in [0.3, 0.4) is 0 Å². The fourth-order valence-electron chi connectivity index (χ4n) is 2.34. The molecule has 0 aliphatic carbocycles. The van der Waals surface area contributed by atoms with E-state index in [2.05, 4.69) is 57.3 Å². The highest BCUT2D eigenvalue weighted by Crippen LogP contribution is 2.24. The standard InChI is InChI=1S/C16H27NO/c1-5-12-17-16(15(6-2)18-7-3)14-11-9-8-10-13(14)4/h8-11,15-17H,5-7,12H2,1-4H3. The summed E-state index contributed by atoms with van der Waals surface area (Å²) in [6.07, 6.45) is 2.43. The largest absolute Gasteiger partial charge is 0.377 e. The molecule has 1 rings (SSSR count). The van der Waals surface area contributed by atoms with Gasteiger partial charge in [0.05, 0.1) is 12.1 Å². The van der Waals surface area contributed by atoms with Crippen LogP contribution in [0.5, 0.6) is 0 Å². The summed E-state index contributed by atoms with van der Waals surface area (Å²) in [7, 11) is 0. The van der Waals surface area contributed by atoms with Crippen molar-refractivity contribution in [2.75, 3.05) is 13.2 Å². The number of aryl methyl sites for hydroxylation is 1. The smallest absolute Gasteiger partial charge is 0.0767 e. The van der Waals surface area contributed by atoms with E-state index in [-0.39, 0.29) is 6.10 Å². The monoisotopic (exact) mass is 249 g/mol. The zero-order valence-electron chi connectivity index (χ0n) is 12.2. The van der Waals surface area contributed by atoms with E-state index in [1.165, 1.54) is 11.1 Å². The van der Waals surface area contributed by atoms with E-state index >= 15 is 0 Å². The summed E-state index contributed by atoms with van der Waals surface area (Å²) in [6.45, 7) is 10.4. The van der Waals surface area contributed by atoms with Gasteiger partial charge in [0.25, 0.3) is 0 Å². The Hall–Kier alpha value is -0.860. The van der Waals surface area contributed by atoms with Crippen molar-refractivity contribution in [3.8, 4) is 0 Å². The molecule has 1 N–H and O–H groups in total. The van der Waals surface area contributed by atoms with Crippen LogP contribution >= 0.6 is 0 Å². The number of hydrogen-bond acceptors (Lipinski definition) is 2. The molecule has 0 aliphatic heterocycles. The van der Waals surface area contributed by atoms with Crippen molar-refractivity contribution in [2.45, 2.75) is 52.7 Å². The summed E-state index contributed by atoms with van der Waals surface area (Å²) in [5.74, 6) is 0. The molecule has 0 radical (unpaired) electrons. The van der Waals surface area contributed by atoms with Crippen molar-refractivity contribution in [3.05, 3.63) is 35.4 Å². The second-order valence-electron chi connectivity index (χ2n) is 4.69. The van der Waals surface area contributed by atoms with Gasteiger partial charge >= 0.3 is 0 Å². The van der Waals surface area contributed by atoms with Gasteiger partial charge in [0.15, 0.2) is 0 Å². The van der Waals surface area contributed by atoms with E-state index in [1.807, 2.05) is 0 Å². The Morgan fingerprint density at radius 1 is 1.17 bits per heavy atom. The molecule has 18 heavy (non-hydrogen) atoms. The van der Waals surface area contributed by atoms with Gasteiger partial charge < -0.3 is 10.1 Å².